The lowest BCUT2D eigenvalue weighted by Crippen LogP contribution is -2.34. The van der Waals surface area contributed by atoms with E-state index < -0.39 is 17.8 Å². The largest absolute Gasteiger partial charge is 0.481 e. The number of anilines is 1. The Bertz CT molecular complexity index is 690. The summed E-state index contributed by atoms with van der Waals surface area (Å²) in [4.78, 5) is 25.1. The predicted octanol–water partition coefficient (Wildman–Crippen LogP) is 0.645. The average molecular weight is 338 g/mol. The van der Waals surface area contributed by atoms with Gasteiger partial charge in [0.1, 0.15) is 11.0 Å². The number of aromatic nitrogens is 2. The predicted molar refractivity (Wildman–Crippen MR) is 86.4 cm³/mol. The second-order valence-corrected chi connectivity index (χ2v) is 5.74. The number of carbonyl (C=O) groups excluding carboxylic acids is 1. The third-order valence-corrected chi connectivity index (χ3v) is 3.90. The summed E-state index contributed by atoms with van der Waals surface area (Å²) in [5.74, 6) is -2.28. The normalized spacial score (nSPS) is 12.5. The van der Waals surface area contributed by atoms with Crippen LogP contribution in [0, 0.1) is 5.92 Å². The van der Waals surface area contributed by atoms with Gasteiger partial charge in [0, 0.05) is 19.5 Å². The Morgan fingerprint density at radius 1 is 1.39 bits per heavy atom. The fourth-order valence-electron chi connectivity index (χ4n) is 2.20. The van der Waals surface area contributed by atoms with Crippen LogP contribution in [0.1, 0.15) is 6.42 Å². The number of nitrogens with one attached hydrogen (secondary N) is 1. The van der Waals surface area contributed by atoms with Crippen LogP contribution >= 0.6 is 11.7 Å². The molecule has 2 rings (SSSR count). The van der Waals surface area contributed by atoms with Crippen molar-refractivity contribution in [2.45, 2.75) is 6.42 Å². The van der Waals surface area contributed by atoms with Crippen LogP contribution in [-0.4, -0.2) is 62.5 Å². The van der Waals surface area contributed by atoms with Crippen LogP contribution < -0.4 is 5.32 Å². The van der Waals surface area contributed by atoms with Crippen LogP contribution in [0.2, 0.25) is 0 Å². The molecule has 0 aliphatic carbocycles. The van der Waals surface area contributed by atoms with Gasteiger partial charge in [0.2, 0.25) is 5.91 Å². The molecule has 9 heteroatoms. The summed E-state index contributed by atoms with van der Waals surface area (Å²) in [6.45, 7) is 0.481. The molecular weight excluding hydrogens is 320 g/mol. The van der Waals surface area contributed by atoms with E-state index in [1.165, 1.54) is 0 Å². The minimum Gasteiger partial charge on any atom is -0.481 e. The number of rotatable bonds is 8. The van der Waals surface area contributed by atoms with Crippen LogP contribution in [0.4, 0.5) is 5.69 Å². The molecule has 0 aliphatic heterocycles. The van der Waals surface area contributed by atoms with E-state index in [-0.39, 0.29) is 19.6 Å². The molecule has 1 aromatic carbocycles. The first-order valence-electron chi connectivity index (χ1n) is 7.04. The van der Waals surface area contributed by atoms with Gasteiger partial charge < -0.3 is 20.4 Å². The molecule has 1 amide bonds. The molecule has 124 valence electrons. The Balaban J connectivity index is 2.01. The number of carboxylic acid groups (broad SMARTS) is 1. The molecule has 0 saturated heterocycles. The van der Waals surface area contributed by atoms with E-state index in [9.17, 15) is 14.7 Å². The van der Waals surface area contributed by atoms with E-state index in [1.54, 1.807) is 30.1 Å². The van der Waals surface area contributed by atoms with Crippen LogP contribution in [0.5, 0.6) is 0 Å². The molecule has 0 unspecified atom stereocenters. The number of carboxylic acids is 1. The minimum absolute atomic E-state index is 0.0616. The van der Waals surface area contributed by atoms with E-state index in [1.807, 2.05) is 0 Å². The van der Waals surface area contributed by atoms with Gasteiger partial charge in [0.05, 0.1) is 29.9 Å². The van der Waals surface area contributed by atoms with Gasteiger partial charge in [-0.15, -0.1) is 0 Å². The molecular formula is C14H18N4O4S. The SMILES string of the molecule is CN(CCO)C[C@@H](CC(=O)Nc1cccc2nsnc12)C(=O)O. The van der Waals surface area contributed by atoms with Crippen molar-refractivity contribution in [1.29, 1.82) is 0 Å². The highest BCUT2D eigenvalue weighted by atomic mass is 32.1. The number of benzene rings is 1. The average Bonchev–Trinajstić information content (AvgIpc) is 2.96. The highest BCUT2D eigenvalue weighted by Gasteiger charge is 2.23. The third kappa shape index (κ3) is 4.68. The number of aliphatic carboxylic acids is 1. The van der Waals surface area contributed by atoms with E-state index in [0.29, 0.717) is 23.3 Å². The van der Waals surface area contributed by atoms with Crippen molar-refractivity contribution in [3.63, 3.8) is 0 Å². The highest BCUT2D eigenvalue weighted by Crippen LogP contribution is 2.21. The third-order valence-electron chi connectivity index (χ3n) is 3.35. The smallest absolute Gasteiger partial charge is 0.308 e. The molecule has 23 heavy (non-hydrogen) atoms. The fraction of sp³-hybridized carbons (Fsp3) is 0.429. The molecule has 8 nitrogen and oxygen atoms in total. The van der Waals surface area contributed by atoms with Crippen molar-refractivity contribution in [2.75, 3.05) is 32.1 Å². The van der Waals surface area contributed by atoms with Gasteiger partial charge in [-0.05, 0) is 19.2 Å². The number of aliphatic hydroxyl groups is 1. The lowest BCUT2D eigenvalue weighted by atomic mass is 10.0. The standard InChI is InChI=1S/C14H18N4O4S/c1-18(5-6-19)8-9(14(21)22)7-12(20)15-10-3-2-4-11-13(10)17-23-16-11/h2-4,9,19H,5-8H2,1H3,(H,15,20)(H,21,22)/t9-/m1/s1. The number of fused-ring (bicyclic) bond motifs is 1. The molecule has 0 radical (unpaired) electrons. The van der Waals surface area contributed by atoms with Crippen LogP contribution in [-0.2, 0) is 9.59 Å². The summed E-state index contributed by atoms with van der Waals surface area (Å²) >= 11 is 1.05. The summed E-state index contributed by atoms with van der Waals surface area (Å²) in [5.41, 5.74) is 1.80. The summed E-state index contributed by atoms with van der Waals surface area (Å²) < 4.78 is 8.21. The van der Waals surface area contributed by atoms with Gasteiger partial charge in [0.15, 0.2) is 0 Å². The Labute approximate surface area is 137 Å². The van der Waals surface area contributed by atoms with Crippen LogP contribution in [0.25, 0.3) is 11.0 Å². The van der Waals surface area contributed by atoms with Gasteiger partial charge in [-0.3, -0.25) is 9.59 Å². The second kappa shape index (κ2) is 7.95. The zero-order valence-electron chi connectivity index (χ0n) is 12.6. The van der Waals surface area contributed by atoms with E-state index >= 15 is 0 Å². The summed E-state index contributed by atoms with van der Waals surface area (Å²) in [7, 11) is 1.70. The number of hydrogen-bond donors (Lipinski definition) is 3. The van der Waals surface area contributed by atoms with Gasteiger partial charge in [-0.1, -0.05) is 6.07 Å². The topological polar surface area (TPSA) is 116 Å². The van der Waals surface area contributed by atoms with Crippen molar-refractivity contribution >= 4 is 40.3 Å². The number of nitrogens with zero attached hydrogens (tertiary/aromatic N) is 3. The second-order valence-electron chi connectivity index (χ2n) is 5.21. The van der Waals surface area contributed by atoms with E-state index in [4.69, 9.17) is 5.11 Å². The van der Waals surface area contributed by atoms with Crippen molar-refractivity contribution in [1.82, 2.24) is 13.6 Å². The van der Waals surface area contributed by atoms with Gasteiger partial charge in [0.25, 0.3) is 0 Å². The lowest BCUT2D eigenvalue weighted by molar-refractivity contribution is -0.144. The molecule has 0 spiro atoms. The van der Waals surface area contributed by atoms with Crippen molar-refractivity contribution in [3.05, 3.63) is 18.2 Å². The maximum absolute atomic E-state index is 12.1. The maximum Gasteiger partial charge on any atom is 0.308 e. The molecule has 1 aromatic heterocycles. The van der Waals surface area contributed by atoms with Crippen molar-refractivity contribution in [3.8, 4) is 0 Å². The maximum atomic E-state index is 12.1. The number of likely N-dealkylation sites (N-methyl/N-ethyl adjacent to an activating group) is 1. The molecule has 0 bridgehead atoms. The zero-order valence-corrected chi connectivity index (χ0v) is 13.4. The van der Waals surface area contributed by atoms with Crippen LogP contribution in [0.15, 0.2) is 18.2 Å². The Morgan fingerprint density at radius 2 is 2.17 bits per heavy atom. The molecule has 1 heterocycles. The van der Waals surface area contributed by atoms with Gasteiger partial charge in [-0.25, -0.2) is 0 Å². The molecule has 1 atom stereocenters. The number of aliphatic hydroxyl groups excluding tert-OH is 1. The lowest BCUT2D eigenvalue weighted by Gasteiger charge is -2.20. The van der Waals surface area contributed by atoms with E-state index in [2.05, 4.69) is 14.1 Å². The molecule has 0 fully saturated rings. The highest BCUT2D eigenvalue weighted by molar-refractivity contribution is 7.00. The van der Waals surface area contributed by atoms with Crippen molar-refractivity contribution < 1.29 is 19.8 Å². The number of amides is 1. The molecule has 3 N–H and O–H groups in total. The van der Waals surface area contributed by atoms with E-state index in [0.717, 1.165) is 11.7 Å². The zero-order chi connectivity index (χ0) is 16.8. The first kappa shape index (κ1) is 17.3. The molecule has 2 aromatic rings. The Kier molecular flexibility index (Phi) is 5.97. The minimum atomic E-state index is -1.04. The summed E-state index contributed by atoms with van der Waals surface area (Å²) in [6, 6.07) is 5.25. The monoisotopic (exact) mass is 338 g/mol. The first-order valence-corrected chi connectivity index (χ1v) is 7.77. The van der Waals surface area contributed by atoms with Gasteiger partial charge in [-0.2, -0.15) is 8.75 Å². The number of hydrogen-bond acceptors (Lipinski definition) is 7. The Morgan fingerprint density at radius 3 is 2.87 bits per heavy atom. The summed E-state index contributed by atoms with van der Waals surface area (Å²) in [5, 5.41) is 20.8. The van der Waals surface area contributed by atoms with Gasteiger partial charge >= 0.3 is 5.97 Å². The quantitative estimate of drug-likeness (QED) is 0.647. The Hall–Kier alpha value is -2.10. The fourth-order valence-corrected chi connectivity index (χ4v) is 2.75. The first-order chi connectivity index (χ1) is 11.0. The molecule has 0 saturated carbocycles. The van der Waals surface area contributed by atoms with Crippen LogP contribution in [0.3, 0.4) is 0 Å². The van der Waals surface area contributed by atoms with Crippen molar-refractivity contribution in [2.24, 2.45) is 5.92 Å². The summed E-state index contributed by atoms with van der Waals surface area (Å²) in [6.07, 6.45) is -0.154. The molecule has 0 aliphatic rings. The number of carbonyl (C=O) groups is 2.